The number of hydrogen-bond donors (Lipinski definition) is 1. The van der Waals surface area contributed by atoms with Crippen LogP contribution >= 0.6 is 0 Å². The number of aryl methyl sites for hydroxylation is 1. The Bertz CT molecular complexity index is 686. The predicted octanol–water partition coefficient (Wildman–Crippen LogP) is 3.29. The molecule has 0 aliphatic rings. The number of nitrogens with zero attached hydrogens (tertiary/aromatic N) is 1. The molecule has 0 spiro atoms. The van der Waals surface area contributed by atoms with E-state index in [1.807, 2.05) is 0 Å². The van der Waals surface area contributed by atoms with Crippen molar-refractivity contribution in [2.75, 3.05) is 5.32 Å². The second kappa shape index (κ2) is 5.48. The zero-order chi connectivity index (χ0) is 14.7. The molecule has 2 aromatic carbocycles. The lowest BCUT2D eigenvalue weighted by atomic mass is 10.1. The number of non-ortho nitro benzene ring substituents is 1. The fourth-order valence-electron chi connectivity index (χ4n) is 1.69. The van der Waals surface area contributed by atoms with E-state index >= 15 is 0 Å². The van der Waals surface area contributed by atoms with Crippen molar-refractivity contribution in [3.05, 3.63) is 69.5 Å². The minimum atomic E-state index is -0.571. The smallest absolute Gasteiger partial charge is 0.270 e. The van der Waals surface area contributed by atoms with Gasteiger partial charge in [-0.05, 0) is 36.8 Å². The first-order chi connectivity index (χ1) is 9.47. The van der Waals surface area contributed by atoms with Gasteiger partial charge < -0.3 is 5.32 Å². The molecule has 5 nitrogen and oxygen atoms in total. The van der Waals surface area contributed by atoms with Crippen LogP contribution in [-0.2, 0) is 0 Å². The van der Waals surface area contributed by atoms with Gasteiger partial charge in [-0.3, -0.25) is 14.9 Å². The summed E-state index contributed by atoms with van der Waals surface area (Å²) in [5.74, 6) is -0.849. The molecule has 0 atom stereocenters. The lowest BCUT2D eigenvalue weighted by Gasteiger charge is -2.06. The Morgan fingerprint density at radius 3 is 2.65 bits per heavy atom. The van der Waals surface area contributed by atoms with Gasteiger partial charge in [-0.15, -0.1) is 0 Å². The van der Waals surface area contributed by atoms with Crippen LogP contribution < -0.4 is 5.32 Å². The Labute approximate surface area is 114 Å². The number of nitro groups is 1. The number of hydrogen-bond acceptors (Lipinski definition) is 3. The molecule has 0 unspecified atom stereocenters. The van der Waals surface area contributed by atoms with Gasteiger partial charge in [0.05, 0.1) is 4.92 Å². The van der Waals surface area contributed by atoms with Gasteiger partial charge >= 0.3 is 0 Å². The van der Waals surface area contributed by atoms with E-state index in [9.17, 15) is 19.3 Å². The SMILES string of the molecule is Cc1cc(NC(=O)c2cccc([N+](=O)[O-])c2)ccc1F. The summed E-state index contributed by atoms with van der Waals surface area (Å²) in [7, 11) is 0. The Kier molecular flexibility index (Phi) is 3.74. The van der Waals surface area contributed by atoms with Gasteiger partial charge in [0.1, 0.15) is 5.82 Å². The predicted molar refractivity (Wildman–Crippen MR) is 72.2 cm³/mol. The summed E-state index contributed by atoms with van der Waals surface area (Å²) in [5, 5.41) is 13.2. The van der Waals surface area contributed by atoms with Crippen LogP contribution in [0.1, 0.15) is 15.9 Å². The molecule has 102 valence electrons. The molecule has 0 aliphatic heterocycles. The number of anilines is 1. The molecule has 2 aromatic rings. The summed E-state index contributed by atoms with van der Waals surface area (Å²) in [6.45, 7) is 1.58. The van der Waals surface area contributed by atoms with Gasteiger partial charge in [0.25, 0.3) is 11.6 Å². The number of benzene rings is 2. The lowest BCUT2D eigenvalue weighted by molar-refractivity contribution is -0.384. The van der Waals surface area contributed by atoms with Crippen molar-refractivity contribution >= 4 is 17.3 Å². The Morgan fingerprint density at radius 2 is 2.00 bits per heavy atom. The third-order valence-electron chi connectivity index (χ3n) is 2.73. The molecule has 20 heavy (non-hydrogen) atoms. The van der Waals surface area contributed by atoms with E-state index in [-0.39, 0.29) is 17.1 Å². The zero-order valence-electron chi connectivity index (χ0n) is 10.6. The minimum Gasteiger partial charge on any atom is -0.322 e. The Hall–Kier alpha value is -2.76. The molecule has 1 amide bonds. The molecule has 0 saturated heterocycles. The molecular weight excluding hydrogens is 263 g/mol. The van der Waals surface area contributed by atoms with Gasteiger partial charge in [0, 0.05) is 23.4 Å². The highest BCUT2D eigenvalue weighted by molar-refractivity contribution is 6.04. The molecule has 0 heterocycles. The van der Waals surface area contributed by atoms with Crippen LogP contribution in [0.25, 0.3) is 0 Å². The van der Waals surface area contributed by atoms with Crippen LogP contribution in [0.3, 0.4) is 0 Å². The van der Waals surface area contributed by atoms with Crippen molar-refractivity contribution in [1.29, 1.82) is 0 Å². The first-order valence-corrected chi connectivity index (χ1v) is 5.79. The summed E-state index contributed by atoms with van der Waals surface area (Å²) >= 11 is 0. The maximum absolute atomic E-state index is 13.1. The highest BCUT2D eigenvalue weighted by Crippen LogP contribution is 2.17. The van der Waals surface area contributed by atoms with Gasteiger partial charge in [-0.1, -0.05) is 6.07 Å². The summed E-state index contributed by atoms with van der Waals surface area (Å²) in [5.41, 5.74) is 0.844. The van der Waals surface area contributed by atoms with Crippen molar-refractivity contribution < 1.29 is 14.1 Å². The van der Waals surface area contributed by atoms with Gasteiger partial charge in [0.15, 0.2) is 0 Å². The Morgan fingerprint density at radius 1 is 1.25 bits per heavy atom. The van der Waals surface area contributed by atoms with Crippen molar-refractivity contribution in [2.45, 2.75) is 6.92 Å². The van der Waals surface area contributed by atoms with E-state index in [0.717, 1.165) is 0 Å². The van der Waals surface area contributed by atoms with Gasteiger partial charge in [-0.2, -0.15) is 0 Å². The van der Waals surface area contributed by atoms with E-state index in [4.69, 9.17) is 0 Å². The van der Waals surface area contributed by atoms with E-state index in [1.165, 1.54) is 42.5 Å². The molecule has 1 N–H and O–H groups in total. The number of nitrogens with one attached hydrogen (secondary N) is 1. The quantitative estimate of drug-likeness (QED) is 0.689. The van der Waals surface area contributed by atoms with Crippen LogP contribution in [0.5, 0.6) is 0 Å². The molecule has 0 bridgehead atoms. The zero-order valence-corrected chi connectivity index (χ0v) is 10.6. The molecule has 0 aromatic heterocycles. The first kappa shape index (κ1) is 13.7. The highest BCUT2D eigenvalue weighted by Gasteiger charge is 2.12. The number of carbonyl (C=O) groups excluding carboxylic acids is 1. The maximum Gasteiger partial charge on any atom is 0.270 e. The van der Waals surface area contributed by atoms with Crippen LogP contribution in [0.15, 0.2) is 42.5 Å². The van der Waals surface area contributed by atoms with Crippen LogP contribution in [-0.4, -0.2) is 10.8 Å². The summed E-state index contributed by atoms with van der Waals surface area (Å²) in [4.78, 5) is 22.0. The molecule has 2 rings (SSSR count). The Balaban J connectivity index is 2.21. The maximum atomic E-state index is 13.1. The topological polar surface area (TPSA) is 72.2 Å². The second-order valence-corrected chi connectivity index (χ2v) is 4.23. The third kappa shape index (κ3) is 2.97. The van der Waals surface area contributed by atoms with E-state index < -0.39 is 10.8 Å². The number of rotatable bonds is 3. The van der Waals surface area contributed by atoms with E-state index in [2.05, 4.69) is 5.32 Å². The minimum absolute atomic E-state index is 0.159. The number of carbonyl (C=O) groups is 1. The van der Waals surface area contributed by atoms with E-state index in [0.29, 0.717) is 11.3 Å². The molecule has 6 heteroatoms. The average Bonchev–Trinajstić information content (AvgIpc) is 2.43. The summed E-state index contributed by atoms with van der Waals surface area (Å²) < 4.78 is 13.1. The second-order valence-electron chi connectivity index (χ2n) is 4.23. The fraction of sp³-hybridized carbons (Fsp3) is 0.0714. The number of amides is 1. The van der Waals surface area contributed by atoms with Crippen LogP contribution in [0.4, 0.5) is 15.8 Å². The fourth-order valence-corrected chi connectivity index (χ4v) is 1.69. The molecule has 0 saturated carbocycles. The van der Waals surface area contributed by atoms with Gasteiger partial charge in [0.2, 0.25) is 0 Å². The van der Waals surface area contributed by atoms with Crippen LogP contribution in [0, 0.1) is 22.9 Å². The molecule has 0 aliphatic carbocycles. The average molecular weight is 274 g/mol. The third-order valence-corrected chi connectivity index (χ3v) is 2.73. The van der Waals surface area contributed by atoms with Crippen molar-refractivity contribution in [2.24, 2.45) is 0 Å². The van der Waals surface area contributed by atoms with Crippen molar-refractivity contribution in [3.63, 3.8) is 0 Å². The molecule has 0 radical (unpaired) electrons. The summed E-state index contributed by atoms with van der Waals surface area (Å²) in [6, 6.07) is 9.56. The lowest BCUT2D eigenvalue weighted by Crippen LogP contribution is -2.12. The number of halogens is 1. The normalized spacial score (nSPS) is 10.1. The van der Waals surface area contributed by atoms with E-state index in [1.54, 1.807) is 6.92 Å². The standard InChI is InChI=1S/C14H11FN2O3/c1-9-7-11(5-6-13(9)15)16-14(18)10-3-2-4-12(8-10)17(19)20/h2-8H,1H3,(H,16,18). The van der Waals surface area contributed by atoms with Crippen LogP contribution in [0.2, 0.25) is 0 Å². The monoisotopic (exact) mass is 274 g/mol. The molecular formula is C14H11FN2O3. The first-order valence-electron chi connectivity index (χ1n) is 5.79. The van der Waals surface area contributed by atoms with Gasteiger partial charge in [-0.25, -0.2) is 4.39 Å². The van der Waals surface area contributed by atoms with Crippen molar-refractivity contribution in [3.8, 4) is 0 Å². The highest BCUT2D eigenvalue weighted by atomic mass is 19.1. The molecule has 0 fully saturated rings. The van der Waals surface area contributed by atoms with Crippen molar-refractivity contribution in [1.82, 2.24) is 0 Å². The largest absolute Gasteiger partial charge is 0.322 e. The summed E-state index contributed by atoms with van der Waals surface area (Å²) in [6.07, 6.45) is 0. The number of nitro benzene ring substituents is 1.